The van der Waals surface area contributed by atoms with E-state index in [4.69, 9.17) is 10.00 Å². The number of nitrogens with zero attached hydrogens (tertiary/aromatic N) is 1. The van der Waals surface area contributed by atoms with Gasteiger partial charge < -0.3 is 10.1 Å². The van der Waals surface area contributed by atoms with Crippen molar-refractivity contribution in [3.8, 4) is 6.07 Å². The van der Waals surface area contributed by atoms with E-state index in [1.807, 2.05) is 19.1 Å². The summed E-state index contributed by atoms with van der Waals surface area (Å²) in [7, 11) is 0. The van der Waals surface area contributed by atoms with Crippen molar-refractivity contribution in [2.45, 2.75) is 26.3 Å². The molecule has 0 heterocycles. The van der Waals surface area contributed by atoms with Crippen molar-refractivity contribution in [1.29, 1.82) is 5.26 Å². The molecule has 0 aromatic heterocycles. The van der Waals surface area contributed by atoms with Crippen LogP contribution in [-0.4, -0.2) is 19.1 Å². The average Bonchev–Trinajstić information content (AvgIpc) is 2.39. The van der Waals surface area contributed by atoms with Gasteiger partial charge in [0.15, 0.2) is 0 Å². The predicted molar refractivity (Wildman–Crippen MR) is 68.7 cm³/mol. The lowest BCUT2D eigenvalue weighted by atomic mass is 10.1. The van der Waals surface area contributed by atoms with Crippen molar-refractivity contribution in [3.05, 3.63) is 35.4 Å². The van der Waals surface area contributed by atoms with Crippen molar-refractivity contribution in [2.24, 2.45) is 0 Å². The molecule has 0 unspecified atom stereocenters. The first-order valence-corrected chi connectivity index (χ1v) is 6.11. The largest absolute Gasteiger partial charge is 0.465 e. The highest BCUT2D eigenvalue weighted by Crippen LogP contribution is 2.03. The van der Waals surface area contributed by atoms with Gasteiger partial charge in [0.2, 0.25) is 0 Å². The summed E-state index contributed by atoms with van der Waals surface area (Å²) < 4.78 is 5.01. The Morgan fingerprint density at radius 2 is 2.33 bits per heavy atom. The third-order valence-electron chi connectivity index (χ3n) is 2.42. The summed E-state index contributed by atoms with van der Waals surface area (Å²) in [5.74, 6) is -0.236. The number of esters is 1. The van der Waals surface area contributed by atoms with Crippen LogP contribution < -0.4 is 5.32 Å². The Labute approximate surface area is 108 Å². The van der Waals surface area contributed by atoms with Gasteiger partial charge in [-0.25, -0.2) is 0 Å². The fourth-order valence-corrected chi connectivity index (χ4v) is 1.44. The molecule has 0 radical (unpaired) electrons. The fraction of sp³-hybridized carbons (Fsp3) is 0.429. The van der Waals surface area contributed by atoms with Gasteiger partial charge in [-0.05, 0) is 24.1 Å². The highest BCUT2D eigenvalue weighted by atomic mass is 16.5. The average molecular weight is 246 g/mol. The quantitative estimate of drug-likeness (QED) is 0.590. The van der Waals surface area contributed by atoms with E-state index in [1.54, 1.807) is 12.1 Å². The molecule has 4 nitrogen and oxygen atoms in total. The molecule has 1 N–H and O–H groups in total. The van der Waals surface area contributed by atoms with Gasteiger partial charge in [-0.1, -0.05) is 25.5 Å². The normalized spacial score (nSPS) is 9.78. The Balaban J connectivity index is 2.24. The van der Waals surface area contributed by atoms with Crippen LogP contribution in [0.5, 0.6) is 0 Å². The summed E-state index contributed by atoms with van der Waals surface area (Å²) in [4.78, 5) is 11.3. The number of nitriles is 1. The molecule has 0 amide bonds. The Kier molecular flexibility index (Phi) is 6.52. The summed E-state index contributed by atoms with van der Waals surface area (Å²) in [6.07, 6.45) is 1.91. The van der Waals surface area contributed by atoms with Gasteiger partial charge in [-0.2, -0.15) is 5.26 Å². The number of carbonyl (C=O) groups is 1. The molecule has 0 fully saturated rings. The van der Waals surface area contributed by atoms with Crippen LogP contribution in [0.25, 0.3) is 0 Å². The third-order valence-corrected chi connectivity index (χ3v) is 2.42. The number of hydrogen-bond acceptors (Lipinski definition) is 4. The van der Waals surface area contributed by atoms with Gasteiger partial charge in [0.05, 0.1) is 24.8 Å². The summed E-state index contributed by atoms with van der Waals surface area (Å²) in [6.45, 7) is 3.29. The van der Waals surface area contributed by atoms with Crippen molar-refractivity contribution in [2.75, 3.05) is 13.2 Å². The van der Waals surface area contributed by atoms with Gasteiger partial charge in [0.25, 0.3) is 0 Å². The predicted octanol–water partition coefficient (Wildman–Crippen LogP) is 1.99. The van der Waals surface area contributed by atoms with Gasteiger partial charge in [-0.15, -0.1) is 0 Å². The van der Waals surface area contributed by atoms with Crippen LogP contribution in [0.3, 0.4) is 0 Å². The van der Waals surface area contributed by atoms with E-state index in [1.165, 1.54) is 0 Å². The van der Waals surface area contributed by atoms with Crippen molar-refractivity contribution in [1.82, 2.24) is 5.32 Å². The molecule has 0 aliphatic heterocycles. The number of nitrogens with one attached hydrogen (secondary N) is 1. The molecule has 18 heavy (non-hydrogen) atoms. The highest BCUT2D eigenvalue weighted by molar-refractivity contribution is 5.71. The minimum atomic E-state index is -0.236. The van der Waals surface area contributed by atoms with Crippen LogP contribution in [0.1, 0.15) is 30.9 Å². The lowest BCUT2D eigenvalue weighted by molar-refractivity contribution is -0.142. The zero-order valence-corrected chi connectivity index (χ0v) is 10.6. The summed E-state index contributed by atoms with van der Waals surface area (Å²) in [6, 6.07) is 9.38. The lowest BCUT2D eigenvalue weighted by Gasteiger charge is -2.06. The molecule has 0 aliphatic carbocycles. The van der Waals surface area contributed by atoms with Crippen LogP contribution in [0.15, 0.2) is 24.3 Å². The van der Waals surface area contributed by atoms with Crippen LogP contribution in [0, 0.1) is 11.3 Å². The smallest absolute Gasteiger partial charge is 0.319 e. The Hall–Kier alpha value is -1.86. The van der Waals surface area contributed by atoms with Crippen molar-refractivity contribution < 1.29 is 9.53 Å². The second-order valence-electron chi connectivity index (χ2n) is 3.99. The third kappa shape index (κ3) is 5.46. The summed E-state index contributed by atoms with van der Waals surface area (Å²) >= 11 is 0. The van der Waals surface area contributed by atoms with E-state index in [-0.39, 0.29) is 12.5 Å². The maximum absolute atomic E-state index is 11.3. The molecule has 1 aromatic rings. The second kappa shape index (κ2) is 8.26. The molecule has 0 saturated heterocycles. The molecule has 0 spiro atoms. The standard InChI is InChI=1S/C14H18N2O2/c1-2-3-7-18-14(17)11-16-10-13-6-4-5-12(8-13)9-15/h4-6,8,16H,2-3,7,10-11H2,1H3. The lowest BCUT2D eigenvalue weighted by Crippen LogP contribution is -2.24. The number of rotatable bonds is 7. The molecule has 0 bridgehead atoms. The zero-order valence-electron chi connectivity index (χ0n) is 10.6. The first-order chi connectivity index (χ1) is 8.76. The zero-order chi connectivity index (χ0) is 13.2. The van der Waals surface area contributed by atoms with Crippen LogP contribution in [-0.2, 0) is 16.1 Å². The number of ether oxygens (including phenoxy) is 1. The molecule has 1 aromatic carbocycles. The Bertz CT molecular complexity index is 424. The first kappa shape index (κ1) is 14.2. The molecule has 0 atom stereocenters. The van der Waals surface area contributed by atoms with Crippen LogP contribution >= 0.6 is 0 Å². The molecule has 4 heteroatoms. The van der Waals surface area contributed by atoms with E-state index >= 15 is 0 Å². The Morgan fingerprint density at radius 3 is 3.06 bits per heavy atom. The van der Waals surface area contributed by atoms with Crippen LogP contribution in [0.2, 0.25) is 0 Å². The van der Waals surface area contributed by atoms with E-state index in [2.05, 4.69) is 11.4 Å². The summed E-state index contributed by atoms with van der Waals surface area (Å²) in [5.41, 5.74) is 1.61. The molecular formula is C14H18N2O2. The van der Waals surface area contributed by atoms with Gasteiger partial charge in [0, 0.05) is 6.54 Å². The maximum Gasteiger partial charge on any atom is 0.319 e. The maximum atomic E-state index is 11.3. The summed E-state index contributed by atoms with van der Waals surface area (Å²) in [5, 5.41) is 11.7. The van der Waals surface area contributed by atoms with Gasteiger partial charge >= 0.3 is 5.97 Å². The minimum Gasteiger partial charge on any atom is -0.465 e. The SMILES string of the molecule is CCCCOC(=O)CNCc1cccc(C#N)c1. The van der Waals surface area contributed by atoms with Crippen molar-refractivity contribution >= 4 is 5.97 Å². The first-order valence-electron chi connectivity index (χ1n) is 6.11. The molecular weight excluding hydrogens is 228 g/mol. The van der Waals surface area contributed by atoms with E-state index in [9.17, 15) is 4.79 Å². The number of carbonyl (C=O) groups excluding carboxylic acids is 1. The molecule has 1 rings (SSSR count). The Morgan fingerprint density at radius 1 is 1.50 bits per heavy atom. The monoisotopic (exact) mass is 246 g/mol. The van der Waals surface area contributed by atoms with Gasteiger partial charge in [0.1, 0.15) is 0 Å². The topological polar surface area (TPSA) is 62.1 Å². The van der Waals surface area contributed by atoms with Crippen LogP contribution in [0.4, 0.5) is 0 Å². The fourth-order valence-electron chi connectivity index (χ4n) is 1.44. The molecule has 96 valence electrons. The van der Waals surface area contributed by atoms with E-state index in [0.29, 0.717) is 18.7 Å². The second-order valence-corrected chi connectivity index (χ2v) is 3.99. The minimum absolute atomic E-state index is 0.195. The molecule has 0 saturated carbocycles. The number of unbranched alkanes of at least 4 members (excludes halogenated alkanes) is 1. The number of benzene rings is 1. The van der Waals surface area contributed by atoms with E-state index in [0.717, 1.165) is 18.4 Å². The molecule has 0 aliphatic rings. The van der Waals surface area contributed by atoms with Crippen molar-refractivity contribution in [3.63, 3.8) is 0 Å². The van der Waals surface area contributed by atoms with Gasteiger partial charge in [-0.3, -0.25) is 4.79 Å². The number of hydrogen-bond donors (Lipinski definition) is 1. The highest BCUT2D eigenvalue weighted by Gasteiger charge is 2.02. The van der Waals surface area contributed by atoms with E-state index < -0.39 is 0 Å².